The van der Waals surface area contributed by atoms with Gasteiger partial charge in [-0.05, 0) is 18.4 Å². The molecule has 0 aliphatic carbocycles. The van der Waals surface area contributed by atoms with Crippen LogP contribution in [0.4, 0.5) is 0 Å². The highest BCUT2D eigenvalue weighted by molar-refractivity contribution is 7.10. The molecule has 0 radical (unpaired) electrons. The lowest BCUT2D eigenvalue weighted by atomic mass is 10.1. The van der Waals surface area contributed by atoms with Crippen LogP contribution in [-0.4, -0.2) is 18.4 Å². The second-order valence-corrected chi connectivity index (χ2v) is 4.41. The number of nitrogens with one attached hydrogen (secondary N) is 2. The minimum atomic E-state index is -0.298. The van der Waals surface area contributed by atoms with Gasteiger partial charge >= 0.3 is 0 Å². The highest BCUT2D eigenvalue weighted by Crippen LogP contribution is 2.21. The van der Waals surface area contributed by atoms with Crippen LogP contribution in [0.3, 0.4) is 0 Å². The van der Waals surface area contributed by atoms with Gasteiger partial charge in [-0.1, -0.05) is 6.07 Å². The first-order valence-electron chi connectivity index (χ1n) is 5.34. The Balaban J connectivity index is 2.58. The van der Waals surface area contributed by atoms with Crippen molar-refractivity contribution in [3.8, 4) is 0 Å². The molecule has 0 fully saturated rings. The summed E-state index contributed by atoms with van der Waals surface area (Å²) in [6.45, 7) is 3.63. The fourth-order valence-electron chi connectivity index (χ4n) is 1.34. The molecule has 0 bridgehead atoms. The highest BCUT2D eigenvalue weighted by atomic mass is 32.1. The van der Waals surface area contributed by atoms with E-state index < -0.39 is 0 Å². The number of carbonyl (C=O) groups is 2. The zero-order chi connectivity index (χ0) is 12.7. The molecule has 0 aromatic carbocycles. The van der Waals surface area contributed by atoms with Crippen molar-refractivity contribution in [2.75, 3.05) is 6.61 Å². The SMILES string of the molecule is CCONC(=O)CC(NC(C)=O)c1cccs1. The normalized spacial score (nSPS) is 11.9. The van der Waals surface area contributed by atoms with Crippen LogP contribution >= 0.6 is 11.3 Å². The lowest BCUT2D eigenvalue weighted by molar-refractivity contribution is -0.133. The van der Waals surface area contributed by atoms with Crippen molar-refractivity contribution in [1.82, 2.24) is 10.8 Å². The first-order valence-corrected chi connectivity index (χ1v) is 6.22. The summed E-state index contributed by atoms with van der Waals surface area (Å²) in [6, 6.07) is 3.47. The molecular weight excluding hydrogens is 240 g/mol. The first kappa shape index (κ1) is 13.7. The Morgan fingerprint density at radius 3 is 2.82 bits per heavy atom. The van der Waals surface area contributed by atoms with Gasteiger partial charge in [0, 0.05) is 11.8 Å². The van der Waals surface area contributed by atoms with Gasteiger partial charge in [0.05, 0.1) is 19.1 Å². The monoisotopic (exact) mass is 256 g/mol. The van der Waals surface area contributed by atoms with Crippen molar-refractivity contribution >= 4 is 23.2 Å². The van der Waals surface area contributed by atoms with Crippen molar-refractivity contribution in [2.45, 2.75) is 26.3 Å². The van der Waals surface area contributed by atoms with Gasteiger partial charge in [-0.2, -0.15) is 0 Å². The maximum Gasteiger partial charge on any atom is 0.245 e. The van der Waals surface area contributed by atoms with E-state index in [-0.39, 0.29) is 24.3 Å². The third-order valence-electron chi connectivity index (χ3n) is 1.98. The largest absolute Gasteiger partial charge is 0.348 e. The summed E-state index contributed by atoms with van der Waals surface area (Å²) in [4.78, 5) is 28.3. The third kappa shape index (κ3) is 4.97. The van der Waals surface area contributed by atoms with E-state index in [1.165, 1.54) is 18.3 Å². The second kappa shape index (κ2) is 7.03. The Hall–Kier alpha value is -1.40. The van der Waals surface area contributed by atoms with Gasteiger partial charge in [0.1, 0.15) is 0 Å². The molecule has 94 valence electrons. The molecule has 1 aromatic rings. The van der Waals surface area contributed by atoms with E-state index in [0.717, 1.165) is 4.88 Å². The highest BCUT2D eigenvalue weighted by Gasteiger charge is 2.17. The van der Waals surface area contributed by atoms with Gasteiger partial charge in [0.15, 0.2) is 0 Å². The van der Waals surface area contributed by atoms with Crippen molar-refractivity contribution < 1.29 is 14.4 Å². The Labute approximate surface area is 104 Å². The van der Waals surface area contributed by atoms with Gasteiger partial charge in [-0.3, -0.25) is 14.4 Å². The Bertz CT molecular complexity index is 365. The molecule has 2 N–H and O–H groups in total. The average molecular weight is 256 g/mol. The fourth-order valence-corrected chi connectivity index (χ4v) is 2.12. The molecule has 0 spiro atoms. The lowest BCUT2D eigenvalue weighted by Crippen LogP contribution is -2.32. The van der Waals surface area contributed by atoms with E-state index >= 15 is 0 Å². The maximum atomic E-state index is 11.5. The molecule has 1 unspecified atom stereocenters. The number of rotatable bonds is 6. The second-order valence-electron chi connectivity index (χ2n) is 3.43. The summed E-state index contributed by atoms with van der Waals surface area (Å²) in [6.07, 6.45) is 0.167. The lowest BCUT2D eigenvalue weighted by Gasteiger charge is -2.15. The number of amides is 2. The van der Waals surface area contributed by atoms with Crippen LogP contribution in [0.1, 0.15) is 31.2 Å². The maximum absolute atomic E-state index is 11.5. The van der Waals surface area contributed by atoms with Crippen molar-refractivity contribution in [2.24, 2.45) is 0 Å². The number of hydrogen-bond acceptors (Lipinski definition) is 4. The van der Waals surface area contributed by atoms with Crippen LogP contribution in [0.2, 0.25) is 0 Å². The van der Waals surface area contributed by atoms with Crippen molar-refractivity contribution in [3.63, 3.8) is 0 Å². The van der Waals surface area contributed by atoms with Gasteiger partial charge in [0.2, 0.25) is 11.8 Å². The summed E-state index contributed by atoms with van der Waals surface area (Å²) < 4.78 is 0. The minimum Gasteiger partial charge on any atom is -0.348 e. The van der Waals surface area contributed by atoms with Gasteiger partial charge in [0.25, 0.3) is 0 Å². The molecule has 0 aliphatic rings. The summed E-state index contributed by atoms with van der Waals surface area (Å²) in [5.74, 6) is -0.411. The minimum absolute atomic E-state index is 0.160. The Morgan fingerprint density at radius 2 is 2.29 bits per heavy atom. The molecule has 5 nitrogen and oxygen atoms in total. The van der Waals surface area contributed by atoms with E-state index in [0.29, 0.717) is 6.61 Å². The fraction of sp³-hybridized carbons (Fsp3) is 0.455. The molecule has 1 heterocycles. The molecule has 1 atom stereocenters. The number of thiophene rings is 1. The van der Waals surface area contributed by atoms with E-state index in [1.807, 2.05) is 17.5 Å². The number of carbonyl (C=O) groups excluding carboxylic acids is 2. The van der Waals surface area contributed by atoms with Gasteiger partial charge in [-0.25, -0.2) is 5.48 Å². The quantitative estimate of drug-likeness (QED) is 0.756. The Morgan fingerprint density at radius 1 is 1.53 bits per heavy atom. The van der Waals surface area contributed by atoms with Gasteiger partial charge < -0.3 is 5.32 Å². The van der Waals surface area contributed by atoms with E-state index in [9.17, 15) is 9.59 Å². The molecule has 1 aromatic heterocycles. The predicted molar refractivity (Wildman–Crippen MR) is 65.3 cm³/mol. The molecular formula is C11H16N2O3S. The zero-order valence-corrected chi connectivity index (χ0v) is 10.7. The van der Waals surface area contributed by atoms with Crippen LogP contribution in [0.5, 0.6) is 0 Å². The van der Waals surface area contributed by atoms with E-state index in [1.54, 1.807) is 6.92 Å². The van der Waals surface area contributed by atoms with Crippen LogP contribution < -0.4 is 10.8 Å². The molecule has 0 saturated heterocycles. The van der Waals surface area contributed by atoms with Crippen LogP contribution in [0.15, 0.2) is 17.5 Å². The topological polar surface area (TPSA) is 67.4 Å². The first-order chi connectivity index (χ1) is 8.13. The number of hydrogen-bond donors (Lipinski definition) is 2. The summed E-state index contributed by atoms with van der Waals surface area (Å²) in [5.41, 5.74) is 2.31. The molecule has 2 amide bonds. The average Bonchev–Trinajstić information content (AvgIpc) is 2.78. The Kier molecular flexibility index (Phi) is 5.65. The van der Waals surface area contributed by atoms with Gasteiger partial charge in [-0.15, -0.1) is 11.3 Å². The molecule has 1 rings (SSSR count). The zero-order valence-electron chi connectivity index (χ0n) is 9.86. The van der Waals surface area contributed by atoms with Crippen LogP contribution in [-0.2, 0) is 14.4 Å². The van der Waals surface area contributed by atoms with Crippen LogP contribution in [0, 0.1) is 0 Å². The summed E-state index contributed by atoms with van der Waals surface area (Å²) in [7, 11) is 0. The predicted octanol–water partition coefficient (Wildman–Crippen LogP) is 1.38. The van der Waals surface area contributed by atoms with Crippen molar-refractivity contribution in [3.05, 3.63) is 22.4 Å². The molecule has 6 heteroatoms. The van der Waals surface area contributed by atoms with Crippen molar-refractivity contribution in [1.29, 1.82) is 0 Å². The molecule has 0 aliphatic heterocycles. The van der Waals surface area contributed by atoms with E-state index in [2.05, 4.69) is 10.8 Å². The van der Waals surface area contributed by atoms with E-state index in [4.69, 9.17) is 4.84 Å². The summed E-state index contributed by atoms with van der Waals surface area (Å²) >= 11 is 1.50. The number of hydroxylamine groups is 1. The van der Waals surface area contributed by atoms with Crippen LogP contribution in [0.25, 0.3) is 0 Å². The standard InChI is InChI=1S/C11H16N2O3S/c1-3-16-13-11(15)7-9(12-8(2)14)10-5-4-6-17-10/h4-6,9H,3,7H2,1-2H3,(H,12,14)(H,13,15). The smallest absolute Gasteiger partial charge is 0.245 e. The summed E-state index contributed by atoms with van der Waals surface area (Å²) in [5, 5.41) is 4.65. The molecule has 17 heavy (non-hydrogen) atoms. The third-order valence-corrected chi connectivity index (χ3v) is 2.97. The molecule has 0 saturated carbocycles.